The number of hydrogen-bond acceptors (Lipinski definition) is 6. The number of carbonyl (C=O) groups is 4. The Bertz CT molecular complexity index is 796. The van der Waals surface area contributed by atoms with Crippen molar-refractivity contribution in [1.29, 1.82) is 0 Å². The first kappa shape index (κ1) is 16.8. The Kier molecular flexibility index (Phi) is 4.90. The lowest BCUT2D eigenvalue weighted by Crippen LogP contribution is -2.37. The summed E-state index contributed by atoms with van der Waals surface area (Å²) in [5.41, 5.74) is 0.517. The number of imide groups is 1. The summed E-state index contributed by atoms with van der Waals surface area (Å²) in [6, 6.07) is 10.1. The molecule has 0 aliphatic carbocycles. The van der Waals surface area contributed by atoms with Gasteiger partial charge in [-0.3, -0.25) is 24.1 Å². The molecule has 1 aliphatic heterocycles. The van der Waals surface area contributed by atoms with E-state index < -0.39 is 36.8 Å². The molecule has 1 aromatic heterocycles. The molecule has 1 aromatic carbocycles. The van der Waals surface area contributed by atoms with Crippen molar-refractivity contribution in [2.45, 2.75) is 6.54 Å². The summed E-state index contributed by atoms with van der Waals surface area (Å²) in [4.78, 5) is 49.5. The Labute approximate surface area is 147 Å². The molecule has 0 spiro atoms. The van der Waals surface area contributed by atoms with Gasteiger partial charge in [0.25, 0.3) is 17.7 Å². The first-order chi connectivity index (χ1) is 12.1. The average molecular weight is 358 g/mol. The Balaban J connectivity index is 1.48. The zero-order chi connectivity index (χ0) is 17.8. The van der Waals surface area contributed by atoms with E-state index >= 15 is 0 Å². The van der Waals surface area contributed by atoms with Crippen LogP contribution < -0.4 is 5.32 Å². The largest absolute Gasteiger partial charge is 0.454 e. The number of ether oxygens (including phenoxy) is 1. The van der Waals surface area contributed by atoms with Gasteiger partial charge in [0.1, 0.15) is 6.54 Å². The molecule has 2 heterocycles. The molecule has 2 aromatic rings. The molecule has 0 unspecified atom stereocenters. The van der Waals surface area contributed by atoms with Gasteiger partial charge in [-0.1, -0.05) is 18.2 Å². The van der Waals surface area contributed by atoms with E-state index in [-0.39, 0.29) is 11.1 Å². The molecule has 0 atom stereocenters. The van der Waals surface area contributed by atoms with Crippen molar-refractivity contribution in [2.75, 3.05) is 13.2 Å². The fraction of sp³-hybridized carbons (Fsp3) is 0.176. The maximum Gasteiger partial charge on any atom is 0.326 e. The van der Waals surface area contributed by atoms with Gasteiger partial charge in [0.2, 0.25) is 0 Å². The highest BCUT2D eigenvalue weighted by Crippen LogP contribution is 2.22. The van der Waals surface area contributed by atoms with Crippen LogP contribution in [0.5, 0.6) is 0 Å². The average Bonchev–Trinajstić information content (AvgIpc) is 3.22. The third-order valence-electron chi connectivity index (χ3n) is 3.57. The number of carbonyl (C=O) groups excluding carboxylic acids is 4. The van der Waals surface area contributed by atoms with Gasteiger partial charge in [0, 0.05) is 4.88 Å². The van der Waals surface area contributed by atoms with E-state index in [1.807, 2.05) is 17.5 Å². The summed E-state index contributed by atoms with van der Waals surface area (Å²) < 4.78 is 4.84. The fourth-order valence-electron chi connectivity index (χ4n) is 2.35. The van der Waals surface area contributed by atoms with E-state index in [1.165, 1.54) is 23.5 Å². The number of nitrogens with zero attached hydrogens (tertiary/aromatic N) is 1. The van der Waals surface area contributed by atoms with Gasteiger partial charge in [0.15, 0.2) is 6.61 Å². The molecule has 25 heavy (non-hydrogen) atoms. The Morgan fingerprint density at radius 3 is 2.32 bits per heavy atom. The molecule has 7 nitrogen and oxygen atoms in total. The van der Waals surface area contributed by atoms with Crippen LogP contribution in [-0.2, 0) is 20.9 Å². The van der Waals surface area contributed by atoms with Crippen LogP contribution in [0.1, 0.15) is 25.6 Å². The predicted molar refractivity (Wildman–Crippen MR) is 88.9 cm³/mol. The molecule has 3 amide bonds. The number of fused-ring (bicyclic) bond motifs is 1. The molecular weight excluding hydrogens is 344 g/mol. The first-order valence-corrected chi connectivity index (χ1v) is 8.34. The normalized spacial score (nSPS) is 12.9. The zero-order valence-electron chi connectivity index (χ0n) is 13.1. The van der Waals surface area contributed by atoms with Gasteiger partial charge >= 0.3 is 5.97 Å². The molecule has 8 heteroatoms. The van der Waals surface area contributed by atoms with E-state index in [4.69, 9.17) is 4.74 Å². The van der Waals surface area contributed by atoms with E-state index in [9.17, 15) is 19.2 Å². The van der Waals surface area contributed by atoms with Gasteiger partial charge in [0.05, 0.1) is 17.7 Å². The van der Waals surface area contributed by atoms with Crippen LogP contribution >= 0.6 is 11.3 Å². The van der Waals surface area contributed by atoms with Crippen LogP contribution in [0.4, 0.5) is 0 Å². The minimum absolute atomic E-state index is 0.258. The molecule has 0 saturated heterocycles. The molecule has 1 aliphatic rings. The lowest BCUT2D eigenvalue weighted by atomic mass is 10.1. The Morgan fingerprint density at radius 2 is 1.72 bits per heavy atom. The number of esters is 1. The van der Waals surface area contributed by atoms with Crippen LogP contribution in [0.2, 0.25) is 0 Å². The maximum atomic E-state index is 12.1. The van der Waals surface area contributed by atoms with Gasteiger partial charge in [-0.2, -0.15) is 0 Å². The van der Waals surface area contributed by atoms with Crippen LogP contribution in [0, 0.1) is 0 Å². The number of rotatable bonds is 6. The third kappa shape index (κ3) is 3.74. The monoisotopic (exact) mass is 358 g/mol. The highest BCUT2D eigenvalue weighted by Gasteiger charge is 2.36. The molecule has 3 rings (SSSR count). The maximum absolute atomic E-state index is 12.1. The van der Waals surface area contributed by atoms with Crippen molar-refractivity contribution in [2.24, 2.45) is 0 Å². The van der Waals surface area contributed by atoms with Crippen molar-refractivity contribution < 1.29 is 23.9 Å². The molecular formula is C17H14N2O5S. The number of benzene rings is 1. The second-order valence-corrected chi connectivity index (χ2v) is 6.29. The topological polar surface area (TPSA) is 92.8 Å². The summed E-state index contributed by atoms with van der Waals surface area (Å²) in [5, 5.41) is 4.50. The number of thiophene rings is 1. The van der Waals surface area contributed by atoms with Crippen LogP contribution in [-0.4, -0.2) is 41.7 Å². The minimum Gasteiger partial charge on any atom is -0.454 e. The highest BCUT2D eigenvalue weighted by atomic mass is 32.1. The molecule has 0 fully saturated rings. The summed E-state index contributed by atoms with van der Waals surface area (Å²) in [7, 11) is 0. The molecule has 0 radical (unpaired) electrons. The number of nitrogens with one attached hydrogen (secondary N) is 1. The van der Waals surface area contributed by atoms with E-state index in [1.54, 1.807) is 12.1 Å². The Hall–Kier alpha value is -3.00. The second kappa shape index (κ2) is 7.27. The summed E-state index contributed by atoms with van der Waals surface area (Å²) >= 11 is 1.50. The van der Waals surface area contributed by atoms with Crippen molar-refractivity contribution in [3.8, 4) is 0 Å². The standard InChI is InChI=1S/C17H14N2O5S/c20-14(18-8-11-4-3-7-25-11)10-24-15(21)9-19-16(22)12-5-1-2-6-13(12)17(19)23/h1-7H,8-10H2,(H,18,20). The molecule has 0 saturated carbocycles. The van der Waals surface area contributed by atoms with E-state index in [0.29, 0.717) is 6.54 Å². The first-order valence-electron chi connectivity index (χ1n) is 7.46. The summed E-state index contributed by atoms with van der Waals surface area (Å²) in [6.45, 7) is -0.635. The molecule has 1 N–H and O–H groups in total. The second-order valence-electron chi connectivity index (χ2n) is 5.26. The van der Waals surface area contributed by atoms with Crippen molar-refractivity contribution >= 4 is 35.0 Å². The SMILES string of the molecule is O=C(COC(=O)CN1C(=O)c2ccccc2C1=O)NCc1cccs1. The number of hydrogen-bond donors (Lipinski definition) is 1. The lowest BCUT2D eigenvalue weighted by Gasteiger charge is -2.13. The smallest absolute Gasteiger partial charge is 0.326 e. The van der Waals surface area contributed by atoms with Crippen LogP contribution in [0.25, 0.3) is 0 Å². The van der Waals surface area contributed by atoms with Crippen molar-refractivity contribution in [3.05, 3.63) is 57.8 Å². The van der Waals surface area contributed by atoms with Crippen LogP contribution in [0.15, 0.2) is 41.8 Å². The van der Waals surface area contributed by atoms with Gasteiger partial charge < -0.3 is 10.1 Å². The van der Waals surface area contributed by atoms with Gasteiger partial charge in [-0.25, -0.2) is 0 Å². The van der Waals surface area contributed by atoms with Gasteiger partial charge in [-0.05, 0) is 23.6 Å². The summed E-state index contributed by atoms with van der Waals surface area (Å²) in [5.74, 6) is -2.36. The van der Waals surface area contributed by atoms with Crippen LogP contribution in [0.3, 0.4) is 0 Å². The molecule has 128 valence electrons. The number of amides is 3. The van der Waals surface area contributed by atoms with E-state index in [0.717, 1.165) is 9.78 Å². The zero-order valence-corrected chi connectivity index (χ0v) is 13.9. The predicted octanol–water partition coefficient (Wildman–Crippen LogP) is 1.20. The van der Waals surface area contributed by atoms with Crippen molar-refractivity contribution in [3.63, 3.8) is 0 Å². The quantitative estimate of drug-likeness (QED) is 0.619. The lowest BCUT2D eigenvalue weighted by molar-refractivity contribution is -0.148. The van der Waals surface area contributed by atoms with Crippen molar-refractivity contribution in [1.82, 2.24) is 10.2 Å². The van der Waals surface area contributed by atoms with Gasteiger partial charge in [-0.15, -0.1) is 11.3 Å². The Morgan fingerprint density at radius 1 is 1.04 bits per heavy atom. The van der Waals surface area contributed by atoms with E-state index in [2.05, 4.69) is 5.32 Å². The summed E-state index contributed by atoms with van der Waals surface area (Å²) in [6.07, 6.45) is 0. The minimum atomic E-state index is -0.819. The highest BCUT2D eigenvalue weighted by molar-refractivity contribution is 7.09. The third-order valence-corrected chi connectivity index (χ3v) is 4.45. The molecule has 0 bridgehead atoms. The fourth-order valence-corrected chi connectivity index (χ4v) is 3.00.